The molecule has 0 unspecified atom stereocenters. The van der Waals surface area contributed by atoms with Crippen molar-refractivity contribution in [2.24, 2.45) is 0 Å². The Morgan fingerprint density at radius 2 is 2.00 bits per heavy atom. The average molecular weight is 212 g/mol. The van der Waals surface area contributed by atoms with E-state index in [1.165, 1.54) is 0 Å². The van der Waals surface area contributed by atoms with E-state index in [2.05, 4.69) is 0 Å². The molecule has 2 aliphatic heterocycles. The molecule has 0 aromatic rings. The van der Waals surface area contributed by atoms with Gasteiger partial charge in [0.2, 0.25) is 0 Å². The van der Waals surface area contributed by atoms with Gasteiger partial charge in [-0.2, -0.15) is 0 Å². The summed E-state index contributed by atoms with van der Waals surface area (Å²) in [4.78, 5) is 11.6. The smallest absolute Gasteiger partial charge is 0.190 e. The van der Waals surface area contributed by atoms with Crippen LogP contribution in [0.4, 0.5) is 0 Å². The lowest BCUT2D eigenvalue weighted by Crippen LogP contribution is -2.52. The number of carbonyl (C=O) groups is 1. The minimum Gasteiger partial charge on any atom is -0.354 e. The van der Waals surface area contributed by atoms with Crippen LogP contribution in [-0.4, -0.2) is 37.5 Å². The summed E-state index contributed by atoms with van der Waals surface area (Å²) in [7, 11) is 3.10. The average Bonchev–Trinajstić information content (AvgIpc) is 2.39. The number of ketones is 1. The van der Waals surface area contributed by atoms with Crippen LogP contribution in [0.2, 0.25) is 0 Å². The standard InChI is InChI=1S/C11H16O4/c1-10-4-5-11(15-10,7-8(12)6-10)9(13-2)14-3/h4-5,9H,6-7H2,1-3H3/t10-,11+/m1/s1. The molecular formula is C11H16O4. The molecule has 0 aromatic heterocycles. The highest BCUT2D eigenvalue weighted by atomic mass is 16.7. The molecule has 2 aliphatic rings. The first-order valence-corrected chi connectivity index (χ1v) is 5.01. The molecule has 0 radical (unpaired) electrons. The van der Waals surface area contributed by atoms with E-state index in [1.54, 1.807) is 14.2 Å². The predicted octanol–water partition coefficient (Wildman–Crippen LogP) is 1.05. The van der Waals surface area contributed by atoms with Crippen molar-refractivity contribution in [3.05, 3.63) is 12.2 Å². The number of carbonyl (C=O) groups excluding carboxylic acids is 1. The van der Waals surface area contributed by atoms with E-state index in [-0.39, 0.29) is 5.78 Å². The summed E-state index contributed by atoms with van der Waals surface area (Å²) in [5.41, 5.74) is -1.21. The Morgan fingerprint density at radius 3 is 2.60 bits per heavy atom. The van der Waals surface area contributed by atoms with Crippen molar-refractivity contribution in [1.29, 1.82) is 0 Å². The van der Waals surface area contributed by atoms with Crippen molar-refractivity contribution >= 4 is 5.78 Å². The molecule has 0 N–H and O–H groups in total. The van der Waals surface area contributed by atoms with Gasteiger partial charge in [0.15, 0.2) is 6.29 Å². The summed E-state index contributed by atoms with van der Waals surface area (Å²) in [5.74, 6) is 0.188. The van der Waals surface area contributed by atoms with Crippen LogP contribution in [0.3, 0.4) is 0 Å². The molecule has 4 nitrogen and oxygen atoms in total. The summed E-state index contributed by atoms with van der Waals surface area (Å²) in [6.45, 7) is 1.91. The predicted molar refractivity (Wildman–Crippen MR) is 53.4 cm³/mol. The molecule has 2 rings (SSSR count). The molecular weight excluding hydrogens is 196 g/mol. The normalized spacial score (nSPS) is 39.1. The van der Waals surface area contributed by atoms with E-state index in [9.17, 15) is 4.79 Å². The molecule has 2 bridgehead atoms. The van der Waals surface area contributed by atoms with Crippen LogP contribution in [0.1, 0.15) is 19.8 Å². The zero-order valence-electron chi connectivity index (χ0n) is 9.28. The van der Waals surface area contributed by atoms with Crippen LogP contribution in [0.15, 0.2) is 12.2 Å². The molecule has 2 heterocycles. The van der Waals surface area contributed by atoms with Gasteiger partial charge in [0.1, 0.15) is 11.4 Å². The van der Waals surface area contributed by atoms with Gasteiger partial charge in [-0.3, -0.25) is 4.79 Å². The number of fused-ring (bicyclic) bond motifs is 2. The van der Waals surface area contributed by atoms with Crippen LogP contribution in [-0.2, 0) is 19.0 Å². The molecule has 0 aromatic carbocycles. The SMILES string of the molecule is COC(OC)[C@]12C=C[C@](C)(CC(=O)C1)O2. The van der Waals surface area contributed by atoms with Crippen LogP contribution in [0.25, 0.3) is 0 Å². The van der Waals surface area contributed by atoms with Crippen LogP contribution in [0.5, 0.6) is 0 Å². The fourth-order valence-electron chi connectivity index (χ4n) is 2.48. The molecule has 4 heteroatoms. The second-order valence-corrected chi connectivity index (χ2v) is 4.40. The third-order valence-corrected chi connectivity index (χ3v) is 2.99. The van der Waals surface area contributed by atoms with E-state index in [0.29, 0.717) is 12.8 Å². The van der Waals surface area contributed by atoms with Gasteiger partial charge in [-0.1, -0.05) is 6.08 Å². The molecule has 15 heavy (non-hydrogen) atoms. The maximum atomic E-state index is 11.6. The van der Waals surface area contributed by atoms with Gasteiger partial charge in [0.25, 0.3) is 0 Å². The van der Waals surface area contributed by atoms with Gasteiger partial charge in [-0.25, -0.2) is 0 Å². The lowest BCUT2D eigenvalue weighted by Gasteiger charge is -2.40. The summed E-state index contributed by atoms with van der Waals surface area (Å²) in [5, 5.41) is 0. The second kappa shape index (κ2) is 3.40. The van der Waals surface area contributed by atoms with Crippen molar-refractivity contribution in [2.45, 2.75) is 37.3 Å². The highest BCUT2D eigenvalue weighted by Crippen LogP contribution is 2.44. The summed E-state index contributed by atoms with van der Waals surface area (Å²) in [6.07, 6.45) is 4.06. The molecule has 2 atom stereocenters. The van der Waals surface area contributed by atoms with Gasteiger partial charge < -0.3 is 14.2 Å². The van der Waals surface area contributed by atoms with Gasteiger partial charge >= 0.3 is 0 Å². The van der Waals surface area contributed by atoms with Gasteiger partial charge in [-0.15, -0.1) is 0 Å². The zero-order valence-corrected chi connectivity index (χ0v) is 9.28. The Kier molecular flexibility index (Phi) is 2.45. The topological polar surface area (TPSA) is 44.8 Å². The van der Waals surface area contributed by atoms with Crippen molar-refractivity contribution in [2.75, 3.05) is 14.2 Å². The Morgan fingerprint density at radius 1 is 1.33 bits per heavy atom. The molecule has 1 fully saturated rings. The van der Waals surface area contributed by atoms with E-state index in [0.717, 1.165) is 0 Å². The lowest BCUT2D eigenvalue weighted by atomic mass is 9.91. The number of ether oxygens (including phenoxy) is 3. The second-order valence-electron chi connectivity index (χ2n) is 4.40. The molecule has 0 aliphatic carbocycles. The third kappa shape index (κ3) is 1.62. The first kappa shape index (κ1) is 10.8. The van der Waals surface area contributed by atoms with Crippen LogP contribution >= 0.6 is 0 Å². The summed E-state index contributed by atoms with van der Waals surface area (Å²) < 4.78 is 16.3. The summed E-state index contributed by atoms with van der Waals surface area (Å²) in [6, 6.07) is 0. The Bertz CT molecular complexity index is 308. The maximum Gasteiger partial charge on any atom is 0.190 e. The first-order chi connectivity index (χ1) is 7.03. The molecule has 84 valence electrons. The molecule has 1 saturated heterocycles. The zero-order chi connectivity index (χ0) is 11.1. The first-order valence-electron chi connectivity index (χ1n) is 5.01. The monoisotopic (exact) mass is 212 g/mol. The highest BCUT2D eigenvalue weighted by molar-refractivity contribution is 5.83. The van der Waals surface area contributed by atoms with E-state index >= 15 is 0 Å². The molecule has 0 saturated carbocycles. The lowest BCUT2D eigenvalue weighted by molar-refractivity contribution is -0.242. The number of hydrogen-bond donors (Lipinski definition) is 0. The van der Waals surface area contributed by atoms with Crippen LogP contribution < -0.4 is 0 Å². The number of rotatable bonds is 3. The molecule has 0 spiro atoms. The van der Waals surface area contributed by atoms with E-state index < -0.39 is 17.5 Å². The van der Waals surface area contributed by atoms with Gasteiger partial charge in [-0.05, 0) is 13.0 Å². The van der Waals surface area contributed by atoms with E-state index in [4.69, 9.17) is 14.2 Å². The number of hydrogen-bond acceptors (Lipinski definition) is 4. The van der Waals surface area contributed by atoms with Gasteiger partial charge in [0, 0.05) is 27.1 Å². The third-order valence-electron chi connectivity index (χ3n) is 2.99. The highest BCUT2D eigenvalue weighted by Gasteiger charge is 2.53. The Hall–Kier alpha value is -0.710. The minimum absolute atomic E-state index is 0.188. The largest absolute Gasteiger partial charge is 0.354 e. The quantitative estimate of drug-likeness (QED) is 0.518. The number of methoxy groups -OCH3 is 2. The number of Topliss-reactive ketones (excluding diaryl/α,β-unsaturated/α-hetero) is 1. The maximum absolute atomic E-state index is 11.6. The van der Waals surface area contributed by atoms with Crippen LogP contribution in [0, 0.1) is 0 Å². The Labute approximate surface area is 89.2 Å². The van der Waals surface area contributed by atoms with Gasteiger partial charge in [0.05, 0.1) is 5.60 Å². The van der Waals surface area contributed by atoms with Crippen molar-refractivity contribution in [3.63, 3.8) is 0 Å². The molecule has 0 amide bonds. The Balaban J connectivity index is 2.29. The fraction of sp³-hybridized carbons (Fsp3) is 0.727. The minimum atomic E-state index is -0.729. The van der Waals surface area contributed by atoms with Crippen molar-refractivity contribution < 1.29 is 19.0 Å². The van der Waals surface area contributed by atoms with Crippen molar-refractivity contribution in [1.82, 2.24) is 0 Å². The van der Waals surface area contributed by atoms with E-state index in [1.807, 2.05) is 19.1 Å². The fourth-order valence-corrected chi connectivity index (χ4v) is 2.48. The van der Waals surface area contributed by atoms with Crippen molar-refractivity contribution in [3.8, 4) is 0 Å². The summed E-state index contributed by atoms with van der Waals surface area (Å²) >= 11 is 0.